The molecule has 4 rings (SSSR count). The Morgan fingerprint density at radius 3 is 2.50 bits per heavy atom. The lowest BCUT2D eigenvalue weighted by Gasteiger charge is -2.23. The molecule has 1 heterocycles. The van der Waals surface area contributed by atoms with Gasteiger partial charge in [-0.25, -0.2) is 0 Å². The van der Waals surface area contributed by atoms with Crippen molar-refractivity contribution in [2.45, 2.75) is 39.0 Å². The molecule has 0 radical (unpaired) electrons. The number of hydrogen-bond donors (Lipinski definition) is 0. The second-order valence-electron chi connectivity index (χ2n) is 8.45. The molecule has 2 aromatic rings. The van der Waals surface area contributed by atoms with E-state index in [4.69, 9.17) is 4.74 Å². The van der Waals surface area contributed by atoms with Crippen LogP contribution in [0.2, 0.25) is 0 Å². The molecular weight excluding hydrogens is 342 g/mol. The number of nitrogens with zero attached hydrogens (tertiary/aromatic N) is 1. The number of likely N-dealkylation sites (tertiary alicyclic amines) is 1. The van der Waals surface area contributed by atoms with Gasteiger partial charge < -0.3 is 4.74 Å². The van der Waals surface area contributed by atoms with Crippen LogP contribution in [0.4, 0.5) is 0 Å². The van der Waals surface area contributed by atoms with E-state index in [1.54, 1.807) is 0 Å². The SMILES string of the molecule is CCCOc1ccc(C(=CCN2CCC3CCC(C3)C2)c2ccccc2)cc1. The van der Waals surface area contributed by atoms with E-state index < -0.39 is 0 Å². The molecule has 2 nitrogen and oxygen atoms in total. The van der Waals surface area contributed by atoms with Crippen LogP contribution in [0.15, 0.2) is 60.7 Å². The maximum atomic E-state index is 5.77. The van der Waals surface area contributed by atoms with Crippen LogP contribution < -0.4 is 4.74 Å². The van der Waals surface area contributed by atoms with Crippen LogP contribution in [0, 0.1) is 11.8 Å². The van der Waals surface area contributed by atoms with Gasteiger partial charge in [0.2, 0.25) is 0 Å². The van der Waals surface area contributed by atoms with Crippen LogP contribution in [0.1, 0.15) is 50.2 Å². The zero-order valence-electron chi connectivity index (χ0n) is 17.1. The summed E-state index contributed by atoms with van der Waals surface area (Å²) in [5, 5.41) is 0. The minimum Gasteiger partial charge on any atom is -0.494 e. The minimum atomic E-state index is 0.776. The van der Waals surface area contributed by atoms with Crippen molar-refractivity contribution in [2.24, 2.45) is 11.8 Å². The topological polar surface area (TPSA) is 12.5 Å². The van der Waals surface area contributed by atoms with E-state index in [9.17, 15) is 0 Å². The summed E-state index contributed by atoms with van der Waals surface area (Å²) >= 11 is 0. The minimum absolute atomic E-state index is 0.776. The Hall–Kier alpha value is -2.06. The molecule has 1 aliphatic carbocycles. The van der Waals surface area contributed by atoms with E-state index in [0.29, 0.717) is 0 Å². The third kappa shape index (κ3) is 4.86. The summed E-state index contributed by atoms with van der Waals surface area (Å²) in [4.78, 5) is 2.67. The molecule has 2 unspecified atom stereocenters. The van der Waals surface area contributed by atoms with Gasteiger partial charge in [0, 0.05) is 13.1 Å². The van der Waals surface area contributed by atoms with Crippen LogP contribution in [0.5, 0.6) is 5.75 Å². The van der Waals surface area contributed by atoms with E-state index in [0.717, 1.165) is 37.2 Å². The fraction of sp³-hybridized carbons (Fsp3) is 0.462. The highest BCUT2D eigenvalue weighted by atomic mass is 16.5. The maximum absolute atomic E-state index is 5.77. The van der Waals surface area contributed by atoms with Gasteiger partial charge in [-0.2, -0.15) is 0 Å². The van der Waals surface area contributed by atoms with E-state index in [2.05, 4.69) is 72.5 Å². The smallest absolute Gasteiger partial charge is 0.119 e. The predicted octanol–water partition coefficient (Wildman–Crippen LogP) is 6.03. The Labute approximate surface area is 170 Å². The van der Waals surface area contributed by atoms with E-state index >= 15 is 0 Å². The molecule has 2 fully saturated rings. The molecule has 1 aliphatic heterocycles. The molecule has 2 aromatic carbocycles. The number of rotatable bonds is 7. The zero-order chi connectivity index (χ0) is 19.2. The van der Waals surface area contributed by atoms with Crippen molar-refractivity contribution < 1.29 is 4.74 Å². The van der Waals surface area contributed by atoms with Gasteiger partial charge in [-0.15, -0.1) is 0 Å². The molecule has 2 bridgehead atoms. The third-order valence-electron chi connectivity index (χ3n) is 6.30. The summed E-state index contributed by atoms with van der Waals surface area (Å²) < 4.78 is 5.77. The normalized spacial score (nSPS) is 22.8. The molecule has 0 aromatic heterocycles. The van der Waals surface area contributed by atoms with Gasteiger partial charge in [-0.3, -0.25) is 4.90 Å². The van der Waals surface area contributed by atoms with Crippen molar-refractivity contribution >= 4 is 5.57 Å². The lowest BCUT2D eigenvalue weighted by Crippen LogP contribution is -2.29. The lowest BCUT2D eigenvalue weighted by atomic mass is 9.97. The quantitative estimate of drug-likeness (QED) is 0.586. The average molecular weight is 376 g/mol. The number of benzene rings is 2. The maximum Gasteiger partial charge on any atom is 0.119 e. The Bertz CT molecular complexity index is 765. The summed E-state index contributed by atoms with van der Waals surface area (Å²) in [6.45, 7) is 6.49. The Morgan fingerprint density at radius 2 is 1.71 bits per heavy atom. The molecule has 2 aliphatic rings. The zero-order valence-corrected chi connectivity index (χ0v) is 17.1. The average Bonchev–Trinajstić information content (AvgIpc) is 3.08. The summed E-state index contributed by atoms with van der Waals surface area (Å²) in [5.41, 5.74) is 3.89. The van der Waals surface area contributed by atoms with Gasteiger partial charge in [0.05, 0.1) is 6.61 Å². The molecule has 0 N–H and O–H groups in total. The summed E-state index contributed by atoms with van der Waals surface area (Å²) in [7, 11) is 0. The van der Waals surface area contributed by atoms with Gasteiger partial charge in [-0.1, -0.05) is 61.9 Å². The van der Waals surface area contributed by atoms with Crippen molar-refractivity contribution in [3.63, 3.8) is 0 Å². The molecule has 0 amide bonds. The first-order valence-corrected chi connectivity index (χ1v) is 11.0. The Kier molecular flexibility index (Phi) is 6.49. The molecule has 2 heteroatoms. The van der Waals surface area contributed by atoms with Crippen molar-refractivity contribution in [3.05, 3.63) is 71.8 Å². The fourth-order valence-corrected chi connectivity index (χ4v) is 4.79. The van der Waals surface area contributed by atoms with Crippen molar-refractivity contribution in [3.8, 4) is 5.75 Å². The highest BCUT2D eigenvalue weighted by Gasteiger charge is 2.29. The molecule has 1 saturated heterocycles. The summed E-state index contributed by atoms with van der Waals surface area (Å²) in [5.74, 6) is 2.88. The van der Waals surface area contributed by atoms with Crippen LogP contribution in [-0.2, 0) is 0 Å². The van der Waals surface area contributed by atoms with Crippen molar-refractivity contribution in [1.82, 2.24) is 4.90 Å². The van der Waals surface area contributed by atoms with Crippen LogP contribution >= 0.6 is 0 Å². The lowest BCUT2D eigenvalue weighted by molar-refractivity contribution is 0.260. The molecule has 0 spiro atoms. The standard InChI is InChI=1S/C26H33NO/c1-2-18-28-25-12-10-24(11-13-25)26(23-6-4-3-5-7-23)15-17-27-16-14-21-8-9-22(19-21)20-27/h3-7,10-13,15,21-22H,2,8-9,14,16-20H2,1H3. The van der Waals surface area contributed by atoms with Gasteiger partial charge in [0.25, 0.3) is 0 Å². The third-order valence-corrected chi connectivity index (χ3v) is 6.30. The predicted molar refractivity (Wildman–Crippen MR) is 118 cm³/mol. The number of hydrogen-bond acceptors (Lipinski definition) is 2. The Morgan fingerprint density at radius 1 is 0.964 bits per heavy atom. The van der Waals surface area contributed by atoms with Crippen LogP contribution in [0.25, 0.3) is 5.57 Å². The highest BCUT2D eigenvalue weighted by Crippen LogP contribution is 2.36. The van der Waals surface area contributed by atoms with E-state index in [1.807, 2.05) is 0 Å². The number of fused-ring (bicyclic) bond motifs is 2. The van der Waals surface area contributed by atoms with Crippen LogP contribution in [0.3, 0.4) is 0 Å². The van der Waals surface area contributed by atoms with Gasteiger partial charge in [-0.05, 0) is 72.9 Å². The monoisotopic (exact) mass is 375 g/mol. The van der Waals surface area contributed by atoms with Gasteiger partial charge >= 0.3 is 0 Å². The van der Waals surface area contributed by atoms with Crippen LogP contribution in [-0.4, -0.2) is 31.1 Å². The first-order valence-electron chi connectivity index (χ1n) is 11.0. The van der Waals surface area contributed by atoms with Gasteiger partial charge in [0.15, 0.2) is 0 Å². The van der Waals surface area contributed by atoms with Crippen molar-refractivity contribution in [2.75, 3.05) is 26.2 Å². The first-order chi connectivity index (χ1) is 13.8. The van der Waals surface area contributed by atoms with E-state index in [1.165, 1.54) is 55.5 Å². The van der Waals surface area contributed by atoms with Crippen molar-refractivity contribution in [1.29, 1.82) is 0 Å². The molecule has 148 valence electrons. The largest absolute Gasteiger partial charge is 0.494 e. The Balaban J connectivity index is 1.53. The molecule has 2 atom stereocenters. The molecular formula is C26H33NO. The molecule has 28 heavy (non-hydrogen) atoms. The first kappa shape index (κ1) is 19.3. The van der Waals surface area contributed by atoms with Gasteiger partial charge in [0.1, 0.15) is 5.75 Å². The summed E-state index contributed by atoms with van der Waals surface area (Å²) in [6, 6.07) is 19.4. The fourth-order valence-electron chi connectivity index (χ4n) is 4.79. The second kappa shape index (κ2) is 9.43. The summed E-state index contributed by atoms with van der Waals surface area (Å²) in [6.07, 6.45) is 9.23. The number of ether oxygens (including phenoxy) is 1. The van der Waals surface area contributed by atoms with E-state index in [-0.39, 0.29) is 0 Å². The molecule has 1 saturated carbocycles. The second-order valence-corrected chi connectivity index (χ2v) is 8.45. The highest BCUT2D eigenvalue weighted by molar-refractivity contribution is 5.80.